The quantitative estimate of drug-likeness (QED) is 0.0983. The zero-order chi connectivity index (χ0) is 32.1. The number of allylic oxidation sites excluding steroid dienone is 1. The number of hydrogen-bond donors (Lipinski definition) is 2. The van der Waals surface area contributed by atoms with Crippen LogP contribution in [0.2, 0.25) is 0 Å². The number of benzene rings is 2. The van der Waals surface area contributed by atoms with Crippen molar-refractivity contribution < 1.29 is 33.0 Å². The van der Waals surface area contributed by atoms with Gasteiger partial charge in [0, 0.05) is 5.38 Å². The Kier molecular flexibility index (Phi) is 10.4. The minimum absolute atomic E-state index is 0.0850. The van der Waals surface area contributed by atoms with E-state index in [1.165, 1.54) is 12.5 Å². The Labute approximate surface area is 280 Å². The van der Waals surface area contributed by atoms with Gasteiger partial charge in [-0.1, -0.05) is 65.8 Å². The third-order valence-corrected chi connectivity index (χ3v) is 9.52. The van der Waals surface area contributed by atoms with E-state index in [0.29, 0.717) is 26.5 Å². The summed E-state index contributed by atoms with van der Waals surface area (Å²) in [5, 5.41) is 9.30. The van der Waals surface area contributed by atoms with Crippen LogP contribution in [0.5, 0.6) is 0 Å². The Morgan fingerprint density at radius 3 is 2.36 bits per heavy atom. The van der Waals surface area contributed by atoms with E-state index in [9.17, 15) is 23.4 Å². The van der Waals surface area contributed by atoms with E-state index in [-0.39, 0.29) is 28.0 Å². The number of nitrogens with zero attached hydrogens (tertiary/aromatic N) is 3. The molecule has 2 aromatic carbocycles. The molecule has 5 rings (SSSR count). The van der Waals surface area contributed by atoms with Crippen molar-refractivity contribution in [2.24, 2.45) is 5.16 Å². The second-order valence-electron chi connectivity index (χ2n) is 9.41. The van der Waals surface area contributed by atoms with Gasteiger partial charge in [-0.15, -0.1) is 11.3 Å². The Balaban J connectivity index is 1.44. The van der Waals surface area contributed by atoms with E-state index in [0.717, 1.165) is 16.2 Å². The molecule has 3 aromatic rings. The molecule has 0 saturated carbocycles. The number of anilines is 1. The van der Waals surface area contributed by atoms with Crippen molar-refractivity contribution in [2.45, 2.75) is 17.5 Å². The van der Waals surface area contributed by atoms with E-state index >= 15 is 0 Å². The summed E-state index contributed by atoms with van der Waals surface area (Å²) in [4.78, 5) is 61.7. The first-order valence-electron chi connectivity index (χ1n) is 13.1. The topological polar surface area (TPSA) is 156 Å². The molecule has 1 aromatic heterocycles. The lowest BCUT2D eigenvalue weighted by molar-refractivity contribution is -0.154. The lowest BCUT2D eigenvalue weighted by atomic mass is 10.0. The molecule has 12 nitrogen and oxygen atoms in total. The van der Waals surface area contributed by atoms with Gasteiger partial charge >= 0.3 is 5.97 Å². The number of ether oxygens (including phenoxy) is 1. The van der Waals surface area contributed by atoms with Crippen LogP contribution in [-0.2, 0) is 39.6 Å². The normalized spacial score (nSPS) is 19.3. The largest absolute Gasteiger partial charge is 0.448 e. The zero-order valence-electron chi connectivity index (χ0n) is 23.2. The van der Waals surface area contributed by atoms with Crippen molar-refractivity contribution in [1.82, 2.24) is 15.2 Å². The van der Waals surface area contributed by atoms with E-state index in [2.05, 4.69) is 52.6 Å². The summed E-state index contributed by atoms with van der Waals surface area (Å²) in [5.41, 5.74) is 1.46. The number of thiazole rings is 1. The molecule has 1 saturated heterocycles. The Morgan fingerprint density at radius 2 is 1.78 bits per heavy atom. The molecule has 2 unspecified atom stereocenters. The molecule has 45 heavy (non-hydrogen) atoms. The minimum atomic E-state index is -1.72. The third-order valence-electron chi connectivity index (χ3n) is 6.67. The van der Waals surface area contributed by atoms with Crippen LogP contribution in [0.1, 0.15) is 22.9 Å². The molecular weight excluding hydrogens is 754 g/mol. The highest BCUT2D eigenvalue weighted by Crippen LogP contribution is 2.38. The number of oxime groups is 1. The minimum Gasteiger partial charge on any atom is -0.448 e. The van der Waals surface area contributed by atoms with Crippen LogP contribution in [0.4, 0.5) is 5.13 Å². The molecular formula is C29H23Br2N5O7S2. The highest BCUT2D eigenvalue weighted by Gasteiger charge is 2.57. The van der Waals surface area contributed by atoms with Gasteiger partial charge in [-0.25, -0.2) is 9.78 Å². The maximum absolute atomic E-state index is 14.0. The SMILES string of the molecule is CON=C(C(=O)NC1C(=O)N2C(C(=O)OC(c3ccccc3)c3ccccc3)=C(C=C(Br)Br)CS(=O)[C@@H]12)c1csc(NC=O)n1. The number of rotatable bonds is 11. The number of carbonyl (C=O) groups is 4. The van der Waals surface area contributed by atoms with Gasteiger partial charge in [-0.3, -0.25) is 23.5 Å². The van der Waals surface area contributed by atoms with Crippen molar-refractivity contribution in [3.05, 3.63) is 104 Å². The number of fused-ring (bicyclic) bond motifs is 1. The molecule has 0 spiro atoms. The molecule has 2 aliphatic heterocycles. The van der Waals surface area contributed by atoms with Crippen LogP contribution < -0.4 is 10.6 Å². The molecule has 0 aliphatic carbocycles. The standard InChI is InChI=1S/C29H23Br2N5O7S2/c1-42-35-21(19-13-44-29(33-19)32-15-37)25(38)34-22-26(39)36-23(18(12-20(30)31)14-45(41)27(22)36)28(40)43-24(16-8-4-2-5-9-16)17-10-6-3-7-11-17/h2-13,15,22,24,27H,14H2,1H3,(H,34,38)(H,32,33,37)/t22?,27-,45?/m0/s1. The molecule has 232 valence electrons. The average molecular weight is 777 g/mol. The maximum Gasteiger partial charge on any atom is 0.356 e. The number of esters is 1. The molecule has 3 atom stereocenters. The fourth-order valence-electron chi connectivity index (χ4n) is 4.79. The van der Waals surface area contributed by atoms with Crippen LogP contribution >= 0.6 is 43.2 Å². The van der Waals surface area contributed by atoms with Crippen LogP contribution in [0, 0.1) is 0 Å². The van der Waals surface area contributed by atoms with Gasteiger partial charge in [0.05, 0.1) is 19.9 Å². The lowest BCUT2D eigenvalue weighted by Gasteiger charge is -2.49. The van der Waals surface area contributed by atoms with Gasteiger partial charge in [-0.05, 0) is 54.6 Å². The molecule has 0 bridgehead atoms. The lowest BCUT2D eigenvalue weighted by Crippen LogP contribution is -2.74. The summed E-state index contributed by atoms with van der Waals surface area (Å²) in [7, 11) is -0.488. The zero-order valence-corrected chi connectivity index (χ0v) is 28.0. The van der Waals surface area contributed by atoms with Gasteiger partial charge in [0.25, 0.3) is 11.8 Å². The molecule has 3 amide bonds. The summed E-state index contributed by atoms with van der Waals surface area (Å²) in [6.07, 6.45) is 1.18. The fraction of sp³-hybridized carbons (Fsp3) is 0.172. The second kappa shape index (κ2) is 14.4. The van der Waals surface area contributed by atoms with Gasteiger partial charge in [0.15, 0.2) is 16.9 Å². The number of aromatic nitrogens is 1. The summed E-state index contributed by atoms with van der Waals surface area (Å²) < 4.78 is 20.0. The van der Waals surface area contributed by atoms with E-state index < -0.39 is 46.1 Å². The van der Waals surface area contributed by atoms with Gasteiger partial charge in [0.2, 0.25) is 6.41 Å². The van der Waals surface area contributed by atoms with Gasteiger partial charge in [-0.2, -0.15) is 0 Å². The Hall–Kier alpha value is -3.99. The van der Waals surface area contributed by atoms with E-state index in [1.807, 2.05) is 60.7 Å². The molecule has 0 radical (unpaired) electrons. The molecule has 1 fully saturated rings. The first kappa shape index (κ1) is 32.4. The third kappa shape index (κ3) is 6.98. The number of β-lactam (4-membered cyclic amide) rings is 1. The van der Waals surface area contributed by atoms with Crippen molar-refractivity contribution in [3.63, 3.8) is 0 Å². The summed E-state index contributed by atoms with van der Waals surface area (Å²) in [6, 6.07) is 17.1. The first-order chi connectivity index (χ1) is 21.7. The predicted molar refractivity (Wildman–Crippen MR) is 175 cm³/mol. The van der Waals surface area contributed by atoms with Crippen molar-refractivity contribution >= 4 is 89.0 Å². The van der Waals surface area contributed by atoms with Crippen LogP contribution in [-0.4, -0.2) is 68.3 Å². The smallest absolute Gasteiger partial charge is 0.356 e. The van der Waals surface area contributed by atoms with Crippen molar-refractivity contribution in [1.29, 1.82) is 0 Å². The molecule has 2 aliphatic rings. The van der Waals surface area contributed by atoms with Crippen molar-refractivity contribution in [3.8, 4) is 0 Å². The highest BCUT2D eigenvalue weighted by molar-refractivity contribution is 9.28. The number of carbonyl (C=O) groups excluding carboxylic acids is 4. The summed E-state index contributed by atoms with van der Waals surface area (Å²) in [5.74, 6) is -2.40. The number of nitrogens with one attached hydrogen (secondary N) is 2. The van der Waals surface area contributed by atoms with Gasteiger partial charge < -0.3 is 20.2 Å². The first-order valence-corrected chi connectivity index (χ1v) is 16.9. The van der Waals surface area contributed by atoms with Crippen LogP contribution in [0.25, 0.3) is 0 Å². The molecule has 2 N–H and O–H groups in total. The maximum atomic E-state index is 14.0. The van der Waals surface area contributed by atoms with E-state index in [1.54, 1.807) is 6.08 Å². The average Bonchev–Trinajstić information content (AvgIpc) is 3.49. The Morgan fingerprint density at radius 1 is 1.13 bits per heavy atom. The summed E-state index contributed by atoms with van der Waals surface area (Å²) in [6.45, 7) is 0. The highest BCUT2D eigenvalue weighted by atomic mass is 79.9. The predicted octanol–water partition coefficient (Wildman–Crippen LogP) is 3.70. The van der Waals surface area contributed by atoms with Crippen LogP contribution in [0.15, 0.2) is 91.9 Å². The van der Waals surface area contributed by atoms with E-state index in [4.69, 9.17) is 9.57 Å². The Bertz CT molecular complexity index is 1700. The number of hydrogen-bond acceptors (Lipinski definition) is 10. The van der Waals surface area contributed by atoms with Crippen molar-refractivity contribution in [2.75, 3.05) is 18.2 Å². The fourth-order valence-corrected chi connectivity index (χ4v) is 7.63. The second-order valence-corrected chi connectivity index (χ2v) is 14.6. The molecule has 16 heteroatoms. The van der Waals surface area contributed by atoms with Crippen LogP contribution in [0.3, 0.4) is 0 Å². The van der Waals surface area contributed by atoms with Gasteiger partial charge in [0.1, 0.15) is 29.9 Å². The number of amides is 3. The molecule has 3 heterocycles. The monoisotopic (exact) mass is 775 g/mol. The number of halogens is 2. The summed E-state index contributed by atoms with van der Waals surface area (Å²) >= 11 is 7.62.